The number of nitrogens with one attached hydrogen (secondary N) is 1. The molecule has 0 bridgehead atoms. The molecule has 0 radical (unpaired) electrons. The molecule has 162 valence electrons. The van der Waals surface area contributed by atoms with Crippen molar-refractivity contribution < 1.29 is 0 Å². The second-order valence-electron chi connectivity index (χ2n) is 7.95. The lowest BCUT2D eigenvalue weighted by Crippen LogP contribution is -2.10. The average molecular weight is 463 g/mol. The van der Waals surface area contributed by atoms with Crippen LogP contribution in [0.3, 0.4) is 0 Å². The molecule has 1 N–H and O–H groups in total. The number of unbranched alkanes of at least 4 members (excludes halogenated alkanes) is 1. The molecule has 2 aromatic heterocycles. The van der Waals surface area contributed by atoms with Crippen LogP contribution in [-0.4, -0.2) is 21.3 Å². The Bertz CT molecular complexity index is 1320. The van der Waals surface area contributed by atoms with E-state index >= 15 is 0 Å². The third-order valence-corrected chi connectivity index (χ3v) is 6.52. The number of rotatable bonds is 9. The molecule has 6 heteroatoms. The summed E-state index contributed by atoms with van der Waals surface area (Å²) in [7, 11) is 0. The minimum absolute atomic E-state index is 0.0755. The zero-order valence-corrected chi connectivity index (χ0v) is 19.3. The Morgan fingerprint density at radius 2 is 1.62 bits per heavy atom. The molecule has 2 heterocycles. The van der Waals surface area contributed by atoms with Crippen molar-refractivity contribution in [3.63, 3.8) is 0 Å². The highest BCUT2D eigenvalue weighted by molar-refractivity contribution is 6.18. The van der Waals surface area contributed by atoms with E-state index in [0.29, 0.717) is 23.1 Å². The average Bonchev–Trinajstić information content (AvgIpc) is 3.41. The number of benzene rings is 2. The normalized spacial score (nSPS) is 12.1. The zero-order chi connectivity index (χ0) is 22.5. The maximum absolute atomic E-state index is 7.44. The van der Waals surface area contributed by atoms with E-state index < -0.39 is 0 Å². The third kappa shape index (κ3) is 4.35. The Morgan fingerprint density at radius 3 is 2.34 bits per heavy atom. The van der Waals surface area contributed by atoms with E-state index in [0.717, 1.165) is 59.5 Å². The fraction of sp³-hybridized carbons (Fsp3) is 0.308. The molecule has 0 aliphatic heterocycles. The van der Waals surface area contributed by atoms with Crippen LogP contribution in [0.15, 0.2) is 48.8 Å². The number of alkyl halides is 2. The van der Waals surface area contributed by atoms with Crippen molar-refractivity contribution in [2.45, 2.75) is 38.1 Å². The monoisotopic (exact) mass is 462 g/mol. The van der Waals surface area contributed by atoms with Gasteiger partial charge in [0.25, 0.3) is 0 Å². The molecule has 0 amide bonds. The van der Waals surface area contributed by atoms with E-state index in [9.17, 15) is 0 Å². The summed E-state index contributed by atoms with van der Waals surface area (Å²) >= 11 is 12.0. The SMILES string of the molecule is [C-]#[N+]c1ccc2[nH]cc(C(CCCCl)n3cc(CCCCCl)c4cc([N+]#[C-])ccc43)c2c1. The summed E-state index contributed by atoms with van der Waals surface area (Å²) in [6, 6.07) is 11.8. The third-order valence-electron chi connectivity index (χ3n) is 5.99. The molecule has 4 nitrogen and oxygen atoms in total. The first-order valence-electron chi connectivity index (χ1n) is 10.8. The van der Waals surface area contributed by atoms with E-state index in [-0.39, 0.29) is 6.04 Å². The molecular weight excluding hydrogens is 439 g/mol. The van der Waals surface area contributed by atoms with Crippen molar-refractivity contribution in [1.29, 1.82) is 0 Å². The fourth-order valence-electron chi connectivity index (χ4n) is 4.44. The predicted octanol–water partition coefficient (Wildman–Crippen LogP) is 8.39. The van der Waals surface area contributed by atoms with Gasteiger partial charge in [-0.25, -0.2) is 9.69 Å². The Kier molecular flexibility index (Phi) is 7.05. The van der Waals surface area contributed by atoms with Gasteiger partial charge in [-0.05, 0) is 78.3 Å². The fourth-order valence-corrected chi connectivity index (χ4v) is 4.78. The number of aromatic amines is 1. The van der Waals surface area contributed by atoms with Crippen molar-refractivity contribution in [2.24, 2.45) is 0 Å². The topological polar surface area (TPSA) is 29.4 Å². The van der Waals surface area contributed by atoms with Crippen LogP contribution in [0, 0.1) is 13.1 Å². The highest BCUT2D eigenvalue weighted by Gasteiger charge is 2.21. The maximum atomic E-state index is 7.44. The van der Waals surface area contributed by atoms with Crippen LogP contribution in [0.2, 0.25) is 0 Å². The van der Waals surface area contributed by atoms with Crippen molar-refractivity contribution in [3.8, 4) is 0 Å². The molecule has 0 spiro atoms. The Labute approximate surface area is 198 Å². The first-order chi connectivity index (χ1) is 15.7. The van der Waals surface area contributed by atoms with Gasteiger partial charge in [-0.3, -0.25) is 0 Å². The molecule has 1 atom stereocenters. The first-order valence-corrected chi connectivity index (χ1v) is 11.9. The van der Waals surface area contributed by atoms with Crippen LogP contribution >= 0.6 is 23.2 Å². The lowest BCUT2D eigenvalue weighted by atomic mass is 10.0. The highest BCUT2D eigenvalue weighted by atomic mass is 35.5. The quantitative estimate of drug-likeness (QED) is 0.147. The number of hydrogen-bond donors (Lipinski definition) is 1. The number of nitrogens with zero attached hydrogens (tertiary/aromatic N) is 3. The summed E-state index contributed by atoms with van der Waals surface area (Å²) in [6.45, 7) is 14.9. The van der Waals surface area contributed by atoms with Gasteiger partial charge in [0.2, 0.25) is 0 Å². The summed E-state index contributed by atoms with van der Waals surface area (Å²) in [6.07, 6.45) is 8.96. The van der Waals surface area contributed by atoms with Crippen LogP contribution < -0.4 is 0 Å². The number of halogens is 2. The van der Waals surface area contributed by atoms with Crippen LogP contribution in [0.4, 0.5) is 11.4 Å². The number of aryl methyl sites for hydroxylation is 1. The number of hydrogen-bond acceptors (Lipinski definition) is 0. The summed E-state index contributed by atoms with van der Waals surface area (Å²) in [5.74, 6) is 1.25. The van der Waals surface area contributed by atoms with Gasteiger partial charge >= 0.3 is 0 Å². The minimum atomic E-state index is 0.0755. The lowest BCUT2D eigenvalue weighted by molar-refractivity contribution is 0.552. The molecule has 2 aromatic carbocycles. The first kappa shape index (κ1) is 22.3. The van der Waals surface area contributed by atoms with Gasteiger partial charge in [0, 0.05) is 35.2 Å². The Morgan fingerprint density at radius 1 is 0.906 bits per heavy atom. The van der Waals surface area contributed by atoms with E-state index in [1.54, 1.807) is 0 Å². The molecule has 4 aromatic rings. The standard InChI is InChI=1S/C26H24Cl2N4/c1-29-19-8-10-24-22(15-19)23(16-31-24)25(7-5-13-28)32-17-18(6-3-4-12-27)21-14-20(30-2)9-11-26(21)32/h8-11,14-17,25,31H,3-7,12-13H2. The van der Waals surface area contributed by atoms with Crippen LogP contribution in [0.25, 0.3) is 31.5 Å². The smallest absolute Gasteiger partial charge is 0.188 e. The highest BCUT2D eigenvalue weighted by Crippen LogP contribution is 2.37. The largest absolute Gasteiger partial charge is 0.361 e. The van der Waals surface area contributed by atoms with Gasteiger partial charge in [0.15, 0.2) is 11.4 Å². The van der Waals surface area contributed by atoms with Gasteiger partial charge in [0.05, 0.1) is 19.2 Å². The van der Waals surface area contributed by atoms with E-state index in [2.05, 4.69) is 37.7 Å². The Hall–Kier alpha value is -2.92. The van der Waals surface area contributed by atoms with E-state index in [1.807, 2.05) is 30.3 Å². The molecule has 4 rings (SSSR count). The second-order valence-corrected chi connectivity index (χ2v) is 8.71. The molecule has 0 aliphatic rings. The molecule has 32 heavy (non-hydrogen) atoms. The van der Waals surface area contributed by atoms with Crippen LogP contribution in [-0.2, 0) is 6.42 Å². The van der Waals surface area contributed by atoms with Crippen molar-refractivity contribution in [2.75, 3.05) is 11.8 Å². The Balaban J connectivity index is 1.88. The number of fused-ring (bicyclic) bond motifs is 2. The molecule has 0 saturated carbocycles. The molecule has 1 unspecified atom stereocenters. The van der Waals surface area contributed by atoms with Gasteiger partial charge in [0.1, 0.15) is 0 Å². The second kappa shape index (κ2) is 10.1. The van der Waals surface area contributed by atoms with Gasteiger partial charge < -0.3 is 9.55 Å². The van der Waals surface area contributed by atoms with Gasteiger partial charge in [-0.1, -0.05) is 12.1 Å². The molecule has 0 saturated heterocycles. The maximum Gasteiger partial charge on any atom is 0.188 e. The summed E-state index contributed by atoms with van der Waals surface area (Å²) < 4.78 is 2.33. The molecular formula is C26H24Cl2N4. The summed E-state index contributed by atoms with van der Waals surface area (Å²) in [4.78, 5) is 10.6. The van der Waals surface area contributed by atoms with Crippen molar-refractivity contribution >= 4 is 56.4 Å². The van der Waals surface area contributed by atoms with Gasteiger partial charge in [-0.2, -0.15) is 0 Å². The van der Waals surface area contributed by atoms with Gasteiger partial charge in [-0.15, -0.1) is 23.2 Å². The minimum Gasteiger partial charge on any atom is -0.361 e. The summed E-state index contributed by atoms with van der Waals surface area (Å²) in [5, 5.41) is 2.20. The van der Waals surface area contributed by atoms with Crippen molar-refractivity contribution in [1.82, 2.24) is 9.55 Å². The zero-order valence-electron chi connectivity index (χ0n) is 17.7. The van der Waals surface area contributed by atoms with E-state index in [1.165, 1.54) is 5.56 Å². The lowest BCUT2D eigenvalue weighted by Gasteiger charge is -2.20. The van der Waals surface area contributed by atoms with Crippen LogP contribution in [0.5, 0.6) is 0 Å². The van der Waals surface area contributed by atoms with E-state index in [4.69, 9.17) is 36.3 Å². The predicted molar refractivity (Wildman–Crippen MR) is 135 cm³/mol. The van der Waals surface area contributed by atoms with Crippen molar-refractivity contribution in [3.05, 3.63) is 82.8 Å². The molecule has 0 aliphatic carbocycles. The van der Waals surface area contributed by atoms with Crippen LogP contribution in [0.1, 0.15) is 42.9 Å². The summed E-state index contributed by atoms with van der Waals surface area (Å²) in [5.41, 5.74) is 5.84. The number of H-pyrrole nitrogens is 1. The molecule has 0 fully saturated rings. The number of aromatic nitrogens is 2.